The molecule has 1 aliphatic heterocycles. The second kappa shape index (κ2) is 5.62. The standard InChI is InChI=1S/C10H13ClN4O2S/c1-2-3-14-5-9(17)15(6-8(14)16)4-7-10(11)18-13-12-7/h2-6H2,1H3. The summed E-state index contributed by atoms with van der Waals surface area (Å²) in [6, 6.07) is 0. The minimum absolute atomic E-state index is 0.0317. The fourth-order valence-electron chi connectivity index (χ4n) is 1.79. The van der Waals surface area contributed by atoms with Gasteiger partial charge in [0.05, 0.1) is 13.1 Å². The predicted octanol–water partition coefficient (Wildman–Crippen LogP) is 0.772. The van der Waals surface area contributed by atoms with Crippen molar-refractivity contribution in [3.8, 4) is 0 Å². The van der Waals surface area contributed by atoms with E-state index in [1.54, 1.807) is 4.90 Å². The molecule has 0 spiro atoms. The van der Waals surface area contributed by atoms with Crippen LogP contribution >= 0.6 is 23.1 Å². The Balaban J connectivity index is 2.02. The molecule has 1 aromatic heterocycles. The Morgan fingerprint density at radius 1 is 1.28 bits per heavy atom. The van der Waals surface area contributed by atoms with Crippen LogP contribution in [0.15, 0.2) is 0 Å². The summed E-state index contributed by atoms with van der Waals surface area (Å²) in [6.07, 6.45) is 0.848. The summed E-state index contributed by atoms with van der Waals surface area (Å²) in [7, 11) is 0. The Bertz CT molecular complexity index is 464. The molecule has 0 bridgehead atoms. The van der Waals surface area contributed by atoms with E-state index < -0.39 is 0 Å². The van der Waals surface area contributed by atoms with E-state index >= 15 is 0 Å². The molecule has 1 fully saturated rings. The molecular formula is C10H13ClN4O2S. The van der Waals surface area contributed by atoms with E-state index in [-0.39, 0.29) is 31.4 Å². The topological polar surface area (TPSA) is 66.4 Å². The maximum Gasteiger partial charge on any atom is 0.243 e. The van der Waals surface area contributed by atoms with Gasteiger partial charge >= 0.3 is 0 Å². The van der Waals surface area contributed by atoms with Crippen LogP contribution in [0.3, 0.4) is 0 Å². The number of hydrogen-bond acceptors (Lipinski definition) is 5. The predicted molar refractivity (Wildman–Crippen MR) is 67.2 cm³/mol. The molecule has 6 nitrogen and oxygen atoms in total. The highest BCUT2D eigenvalue weighted by Crippen LogP contribution is 2.20. The SMILES string of the molecule is CCCN1CC(=O)N(Cc2nnsc2Cl)CC1=O. The first-order valence-corrected chi connectivity index (χ1v) is 6.79. The van der Waals surface area contributed by atoms with Gasteiger partial charge in [-0.15, -0.1) is 5.10 Å². The van der Waals surface area contributed by atoms with E-state index in [0.29, 0.717) is 16.6 Å². The Morgan fingerprint density at radius 3 is 2.56 bits per heavy atom. The van der Waals surface area contributed by atoms with Crippen molar-refractivity contribution in [3.05, 3.63) is 10.0 Å². The van der Waals surface area contributed by atoms with Gasteiger partial charge in [-0.1, -0.05) is 23.0 Å². The number of halogens is 1. The fourth-order valence-corrected chi connectivity index (χ4v) is 2.40. The summed E-state index contributed by atoms with van der Waals surface area (Å²) < 4.78 is 4.17. The third-order valence-corrected chi connectivity index (χ3v) is 3.69. The van der Waals surface area contributed by atoms with Crippen molar-refractivity contribution in [2.24, 2.45) is 0 Å². The molecule has 1 aromatic rings. The molecule has 0 aliphatic carbocycles. The smallest absolute Gasteiger partial charge is 0.243 e. The molecule has 18 heavy (non-hydrogen) atoms. The number of rotatable bonds is 4. The number of aromatic nitrogens is 2. The summed E-state index contributed by atoms with van der Waals surface area (Å²) >= 11 is 6.96. The van der Waals surface area contributed by atoms with Crippen molar-refractivity contribution in [2.45, 2.75) is 19.9 Å². The molecular weight excluding hydrogens is 276 g/mol. The highest BCUT2D eigenvalue weighted by atomic mass is 35.5. The lowest BCUT2D eigenvalue weighted by Gasteiger charge is -2.33. The van der Waals surface area contributed by atoms with Gasteiger partial charge in [0.1, 0.15) is 16.6 Å². The Hall–Kier alpha value is -1.21. The molecule has 8 heteroatoms. The van der Waals surface area contributed by atoms with Crippen LogP contribution in [-0.4, -0.2) is 50.8 Å². The quantitative estimate of drug-likeness (QED) is 0.821. The average molecular weight is 289 g/mol. The molecule has 0 unspecified atom stereocenters. The highest BCUT2D eigenvalue weighted by Gasteiger charge is 2.30. The molecule has 1 aliphatic rings. The van der Waals surface area contributed by atoms with Crippen LogP contribution in [-0.2, 0) is 16.1 Å². The molecule has 0 aromatic carbocycles. The van der Waals surface area contributed by atoms with E-state index in [9.17, 15) is 9.59 Å². The maximum atomic E-state index is 11.9. The zero-order valence-electron chi connectivity index (χ0n) is 9.93. The van der Waals surface area contributed by atoms with Gasteiger partial charge in [0, 0.05) is 18.1 Å². The minimum atomic E-state index is -0.0767. The normalized spacial score (nSPS) is 16.6. The third kappa shape index (κ3) is 2.78. The highest BCUT2D eigenvalue weighted by molar-refractivity contribution is 7.10. The molecule has 2 heterocycles. The van der Waals surface area contributed by atoms with Gasteiger partial charge in [-0.2, -0.15) is 0 Å². The number of piperazine rings is 1. The van der Waals surface area contributed by atoms with Crippen LogP contribution < -0.4 is 0 Å². The van der Waals surface area contributed by atoms with Gasteiger partial charge in [0.2, 0.25) is 11.8 Å². The maximum absolute atomic E-state index is 11.9. The lowest BCUT2D eigenvalue weighted by Crippen LogP contribution is -2.53. The zero-order valence-corrected chi connectivity index (χ0v) is 11.5. The van der Waals surface area contributed by atoms with Crippen LogP contribution in [0.2, 0.25) is 4.34 Å². The van der Waals surface area contributed by atoms with Crippen molar-refractivity contribution < 1.29 is 9.59 Å². The van der Waals surface area contributed by atoms with E-state index in [1.807, 2.05) is 6.92 Å². The van der Waals surface area contributed by atoms with E-state index in [0.717, 1.165) is 18.0 Å². The molecule has 0 radical (unpaired) electrons. The van der Waals surface area contributed by atoms with E-state index in [2.05, 4.69) is 9.59 Å². The first-order valence-electron chi connectivity index (χ1n) is 5.64. The Kier molecular flexibility index (Phi) is 4.13. The molecule has 0 saturated carbocycles. The van der Waals surface area contributed by atoms with Crippen LogP contribution in [0.25, 0.3) is 0 Å². The zero-order chi connectivity index (χ0) is 13.1. The summed E-state index contributed by atoms with van der Waals surface area (Å²) in [5.41, 5.74) is 0.548. The van der Waals surface area contributed by atoms with Crippen molar-refractivity contribution in [1.29, 1.82) is 0 Å². The fraction of sp³-hybridized carbons (Fsp3) is 0.600. The first kappa shape index (κ1) is 13.2. The van der Waals surface area contributed by atoms with Gasteiger partial charge in [-0.25, -0.2) is 0 Å². The van der Waals surface area contributed by atoms with E-state index in [1.165, 1.54) is 4.90 Å². The third-order valence-electron chi connectivity index (χ3n) is 2.70. The van der Waals surface area contributed by atoms with Gasteiger partial charge in [-0.05, 0) is 6.42 Å². The number of nitrogens with zero attached hydrogens (tertiary/aromatic N) is 4. The number of hydrogen-bond donors (Lipinski definition) is 0. The van der Waals surface area contributed by atoms with Crippen molar-refractivity contribution in [3.63, 3.8) is 0 Å². The lowest BCUT2D eigenvalue weighted by molar-refractivity contribution is -0.150. The molecule has 2 rings (SSSR count). The van der Waals surface area contributed by atoms with Crippen LogP contribution in [0, 0.1) is 0 Å². The van der Waals surface area contributed by atoms with Crippen molar-refractivity contribution in [2.75, 3.05) is 19.6 Å². The molecule has 0 atom stereocenters. The van der Waals surface area contributed by atoms with Gasteiger partial charge in [0.15, 0.2) is 0 Å². The number of carbonyl (C=O) groups excluding carboxylic acids is 2. The molecule has 0 N–H and O–H groups in total. The number of carbonyl (C=O) groups is 2. The Morgan fingerprint density at radius 2 is 1.94 bits per heavy atom. The van der Waals surface area contributed by atoms with Gasteiger partial charge < -0.3 is 9.80 Å². The lowest BCUT2D eigenvalue weighted by atomic mass is 10.2. The second-order valence-corrected chi connectivity index (χ2v) is 5.41. The van der Waals surface area contributed by atoms with Gasteiger partial charge in [-0.3, -0.25) is 9.59 Å². The van der Waals surface area contributed by atoms with Crippen LogP contribution in [0.1, 0.15) is 19.0 Å². The van der Waals surface area contributed by atoms with Crippen LogP contribution in [0.5, 0.6) is 0 Å². The average Bonchev–Trinajstić information content (AvgIpc) is 2.72. The van der Waals surface area contributed by atoms with Crippen molar-refractivity contribution in [1.82, 2.24) is 19.4 Å². The van der Waals surface area contributed by atoms with E-state index in [4.69, 9.17) is 11.6 Å². The summed E-state index contributed by atoms with van der Waals surface area (Å²) in [4.78, 5) is 26.8. The molecule has 1 saturated heterocycles. The largest absolute Gasteiger partial charge is 0.332 e. The minimum Gasteiger partial charge on any atom is -0.332 e. The number of amides is 2. The van der Waals surface area contributed by atoms with Crippen molar-refractivity contribution >= 4 is 34.9 Å². The molecule has 98 valence electrons. The molecule has 2 amide bonds. The van der Waals surface area contributed by atoms with Crippen LogP contribution in [0.4, 0.5) is 0 Å². The summed E-state index contributed by atoms with van der Waals surface area (Å²) in [5, 5.41) is 3.84. The second-order valence-electron chi connectivity index (χ2n) is 4.06. The van der Waals surface area contributed by atoms with Gasteiger partial charge in [0.25, 0.3) is 0 Å². The Labute approximate surface area is 114 Å². The monoisotopic (exact) mass is 288 g/mol. The summed E-state index contributed by atoms with van der Waals surface area (Å²) in [6.45, 7) is 3.08. The summed E-state index contributed by atoms with van der Waals surface area (Å²) in [5.74, 6) is -0.108. The first-order chi connectivity index (χ1) is 8.61.